The summed E-state index contributed by atoms with van der Waals surface area (Å²) in [6.45, 7) is 0.702. The monoisotopic (exact) mass is 360 g/mol. The normalized spacial score (nSPS) is 15.1. The Morgan fingerprint density at radius 3 is 2.52 bits per heavy atom. The van der Waals surface area contributed by atoms with Crippen LogP contribution in [0, 0.1) is 0 Å². The second-order valence-electron chi connectivity index (χ2n) is 5.83. The van der Waals surface area contributed by atoms with Crippen LogP contribution in [0.3, 0.4) is 0 Å². The van der Waals surface area contributed by atoms with Gasteiger partial charge in [0.15, 0.2) is 0 Å². The molecule has 2 aromatic carbocycles. The van der Waals surface area contributed by atoms with Crippen LogP contribution >= 0.6 is 0 Å². The smallest absolute Gasteiger partial charge is 0.262 e. The molecule has 0 radical (unpaired) electrons. The number of carbonyl (C=O) groups is 1. The molecule has 1 N–H and O–H groups in total. The van der Waals surface area contributed by atoms with Crippen molar-refractivity contribution in [2.24, 2.45) is 0 Å². The maximum Gasteiger partial charge on any atom is 0.262 e. The second kappa shape index (κ2) is 7.14. The number of nitrogens with one attached hydrogen (secondary N) is 1. The van der Waals surface area contributed by atoms with Crippen LogP contribution in [0.15, 0.2) is 53.4 Å². The third kappa shape index (κ3) is 3.93. The summed E-state index contributed by atoms with van der Waals surface area (Å²) in [4.78, 5) is 13.8. The first-order valence-electron chi connectivity index (χ1n) is 8.07. The van der Waals surface area contributed by atoms with E-state index in [2.05, 4.69) is 4.72 Å². The summed E-state index contributed by atoms with van der Waals surface area (Å²) in [5.41, 5.74) is 1.23. The Balaban J connectivity index is 1.77. The fourth-order valence-electron chi connectivity index (χ4n) is 2.77. The first-order chi connectivity index (χ1) is 12.0. The van der Waals surface area contributed by atoms with E-state index in [0.29, 0.717) is 24.4 Å². The molecule has 25 heavy (non-hydrogen) atoms. The van der Waals surface area contributed by atoms with Crippen LogP contribution in [-0.4, -0.2) is 28.0 Å². The topological polar surface area (TPSA) is 75.7 Å². The predicted octanol–water partition coefficient (Wildman–Crippen LogP) is 3.01. The first kappa shape index (κ1) is 17.3. The van der Waals surface area contributed by atoms with Crippen molar-refractivity contribution in [1.29, 1.82) is 0 Å². The lowest BCUT2D eigenvalue weighted by molar-refractivity contribution is -0.119. The fourth-order valence-corrected chi connectivity index (χ4v) is 3.86. The molecule has 0 bridgehead atoms. The van der Waals surface area contributed by atoms with Gasteiger partial charge in [-0.1, -0.05) is 6.07 Å². The number of hydrogen-bond acceptors (Lipinski definition) is 4. The number of nitrogens with zero attached hydrogens (tertiary/aromatic N) is 1. The molecule has 2 aromatic rings. The molecule has 0 aliphatic carbocycles. The van der Waals surface area contributed by atoms with Crippen LogP contribution in [-0.2, 0) is 14.8 Å². The predicted molar refractivity (Wildman–Crippen MR) is 96.4 cm³/mol. The SMILES string of the molecule is COc1cccc(S(=O)(=O)Nc2ccc(N3CCCCC3=O)cc2)c1. The molecule has 1 saturated heterocycles. The van der Waals surface area contributed by atoms with Gasteiger partial charge in [-0.25, -0.2) is 8.42 Å². The Bertz CT molecular complexity index is 863. The summed E-state index contributed by atoms with van der Waals surface area (Å²) in [5.74, 6) is 0.581. The van der Waals surface area contributed by atoms with E-state index in [1.54, 1.807) is 41.3 Å². The third-order valence-corrected chi connectivity index (χ3v) is 5.49. The summed E-state index contributed by atoms with van der Waals surface area (Å²) >= 11 is 0. The lowest BCUT2D eigenvalue weighted by Gasteiger charge is -2.26. The van der Waals surface area contributed by atoms with E-state index in [9.17, 15) is 13.2 Å². The number of carbonyl (C=O) groups excluding carboxylic acids is 1. The maximum absolute atomic E-state index is 12.5. The molecular formula is C18H20N2O4S. The second-order valence-corrected chi connectivity index (χ2v) is 7.52. The largest absolute Gasteiger partial charge is 0.497 e. The van der Waals surface area contributed by atoms with Crippen molar-refractivity contribution in [2.75, 3.05) is 23.3 Å². The molecule has 0 saturated carbocycles. The van der Waals surface area contributed by atoms with Crippen LogP contribution < -0.4 is 14.4 Å². The van der Waals surface area contributed by atoms with Crippen LogP contribution in [0.4, 0.5) is 11.4 Å². The molecule has 0 aromatic heterocycles. The highest BCUT2D eigenvalue weighted by atomic mass is 32.2. The summed E-state index contributed by atoms with van der Waals surface area (Å²) in [7, 11) is -2.22. The van der Waals surface area contributed by atoms with Crippen molar-refractivity contribution < 1.29 is 17.9 Å². The van der Waals surface area contributed by atoms with Gasteiger partial charge in [-0.2, -0.15) is 0 Å². The average molecular weight is 360 g/mol. The standard InChI is InChI=1S/C18H20N2O4S/c1-24-16-5-4-6-17(13-16)25(22,23)19-14-8-10-15(11-9-14)20-12-3-2-7-18(20)21/h4-6,8-11,13,19H,2-3,7,12H2,1H3. The summed E-state index contributed by atoms with van der Waals surface area (Å²) in [6.07, 6.45) is 2.47. The van der Waals surface area contributed by atoms with Crippen LogP contribution in [0.2, 0.25) is 0 Å². The van der Waals surface area contributed by atoms with Crippen molar-refractivity contribution in [3.63, 3.8) is 0 Å². The number of piperidine rings is 1. The van der Waals surface area contributed by atoms with E-state index in [4.69, 9.17) is 4.74 Å². The number of hydrogen-bond donors (Lipinski definition) is 1. The minimum Gasteiger partial charge on any atom is -0.497 e. The molecule has 7 heteroatoms. The van der Waals surface area contributed by atoms with Gasteiger partial charge in [-0.15, -0.1) is 0 Å². The maximum atomic E-state index is 12.5. The number of benzene rings is 2. The van der Waals surface area contributed by atoms with E-state index in [0.717, 1.165) is 18.5 Å². The van der Waals surface area contributed by atoms with Gasteiger partial charge in [-0.05, 0) is 49.2 Å². The highest BCUT2D eigenvalue weighted by molar-refractivity contribution is 7.92. The van der Waals surface area contributed by atoms with Gasteiger partial charge in [0.05, 0.1) is 12.0 Å². The van der Waals surface area contributed by atoms with Crippen molar-refractivity contribution in [3.8, 4) is 5.75 Å². The number of methoxy groups -OCH3 is 1. The number of sulfonamides is 1. The first-order valence-corrected chi connectivity index (χ1v) is 9.55. The molecule has 0 spiro atoms. The van der Waals surface area contributed by atoms with Gasteiger partial charge in [0, 0.05) is 30.4 Å². The van der Waals surface area contributed by atoms with Crippen molar-refractivity contribution in [3.05, 3.63) is 48.5 Å². The summed E-state index contributed by atoms with van der Waals surface area (Å²) < 4.78 is 32.6. The molecule has 1 aliphatic heterocycles. The van der Waals surface area contributed by atoms with E-state index in [1.807, 2.05) is 0 Å². The summed E-state index contributed by atoms with van der Waals surface area (Å²) in [5, 5.41) is 0. The zero-order valence-electron chi connectivity index (χ0n) is 13.9. The highest BCUT2D eigenvalue weighted by Gasteiger charge is 2.20. The molecule has 0 unspecified atom stereocenters. The van der Waals surface area contributed by atoms with E-state index in [-0.39, 0.29) is 10.8 Å². The molecule has 1 heterocycles. The number of amides is 1. The molecule has 132 valence electrons. The third-order valence-electron chi connectivity index (χ3n) is 4.11. The van der Waals surface area contributed by atoms with Gasteiger partial charge < -0.3 is 9.64 Å². The highest BCUT2D eigenvalue weighted by Crippen LogP contribution is 2.25. The Hall–Kier alpha value is -2.54. The molecule has 0 atom stereocenters. The van der Waals surface area contributed by atoms with Gasteiger partial charge in [-0.3, -0.25) is 9.52 Å². The van der Waals surface area contributed by atoms with Crippen LogP contribution in [0.5, 0.6) is 5.75 Å². The van der Waals surface area contributed by atoms with Crippen molar-refractivity contribution >= 4 is 27.3 Å². The lowest BCUT2D eigenvalue weighted by Crippen LogP contribution is -2.35. The number of anilines is 2. The van der Waals surface area contributed by atoms with E-state index in [1.165, 1.54) is 19.2 Å². The molecule has 6 nitrogen and oxygen atoms in total. The van der Waals surface area contributed by atoms with Gasteiger partial charge in [0.1, 0.15) is 5.75 Å². The van der Waals surface area contributed by atoms with Crippen molar-refractivity contribution in [1.82, 2.24) is 0 Å². The lowest BCUT2D eigenvalue weighted by atomic mass is 10.1. The van der Waals surface area contributed by atoms with Gasteiger partial charge >= 0.3 is 0 Å². The zero-order chi connectivity index (χ0) is 17.9. The van der Waals surface area contributed by atoms with Gasteiger partial charge in [0.2, 0.25) is 5.91 Å². The quantitative estimate of drug-likeness (QED) is 0.889. The Kier molecular flexibility index (Phi) is 4.94. The van der Waals surface area contributed by atoms with Gasteiger partial charge in [0.25, 0.3) is 10.0 Å². The van der Waals surface area contributed by atoms with Crippen LogP contribution in [0.1, 0.15) is 19.3 Å². The molecule has 1 amide bonds. The number of rotatable bonds is 5. The molecule has 1 fully saturated rings. The van der Waals surface area contributed by atoms with Crippen molar-refractivity contribution in [2.45, 2.75) is 24.2 Å². The average Bonchev–Trinajstić information content (AvgIpc) is 2.63. The van der Waals surface area contributed by atoms with E-state index < -0.39 is 10.0 Å². The Labute approximate surface area is 147 Å². The van der Waals surface area contributed by atoms with Crippen LogP contribution in [0.25, 0.3) is 0 Å². The fraction of sp³-hybridized carbons (Fsp3) is 0.278. The minimum atomic E-state index is -3.70. The Morgan fingerprint density at radius 1 is 1.08 bits per heavy atom. The number of ether oxygens (including phenoxy) is 1. The minimum absolute atomic E-state index is 0.107. The van der Waals surface area contributed by atoms with E-state index >= 15 is 0 Å². The summed E-state index contributed by atoms with van der Waals surface area (Å²) in [6, 6.07) is 13.1. The molecule has 3 rings (SSSR count). The zero-order valence-corrected chi connectivity index (χ0v) is 14.8. The Morgan fingerprint density at radius 2 is 1.84 bits per heavy atom. The molecule has 1 aliphatic rings. The molecular weight excluding hydrogens is 340 g/mol.